The van der Waals surface area contributed by atoms with Gasteiger partial charge < -0.3 is 9.26 Å². The predicted molar refractivity (Wildman–Crippen MR) is 93.8 cm³/mol. The highest BCUT2D eigenvalue weighted by molar-refractivity contribution is 6.44. The molecule has 0 spiro atoms. The number of halogens is 2. The lowest BCUT2D eigenvalue weighted by molar-refractivity contribution is 0.103. The van der Waals surface area contributed by atoms with Crippen molar-refractivity contribution in [3.8, 4) is 0 Å². The van der Waals surface area contributed by atoms with Gasteiger partial charge in [-0.05, 0) is 31.9 Å². The van der Waals surface area contributed by atoms with Crippen molar-refractivity contribution >= 4 is 40.8 Å². The third kappa shape index (κ3) is 3.24. The number of amides is 1. The molecule has 6 nitrogen and oxygen atoms in total. The number of carbonyl (C=O) groups is 2. The van der Waals surface area contributed by atoms with E-state index in [1.54, 1.807) is 13.0 Å². The van der Waals surface area contributed by atoms with Crippen LogP contribution in [0.15, 0.2) is 22.9 Å². The first-order chi connectivity index (χ1) is 12.0. The van der Waals surface area contributed by atoms with E-state index < -0.39 is 6.09 Å². The number of ether oxygens (including phenoxy) is 1. The first-order valence-corrected chi connectivity index (χ1v) is 8.57. The summed E-state index contributed by atoms with van der Waals surface area (Å²) in [6, 6.07) is 3.07. The fourth-order valence-corrected chi connectivity index (χ4v) is 3.10. The largest absolute Gasteiger partial charge is 0.452 e. The molecular weight excluding hydrogens is 367 g/mol. The van der Waals surface area contributed by atoms with Gasteiger partial charge in [0.1, 0.15) is 0 Å². The molecule has 1 aliphatic rings. The molecule has 1 fully saturated rings. The Kier molecular flexibility index (Phi) is 5.01. The molecule has 1 amide bonds. The number of hydrogen-bond acceptors (Lipinski definition) is 5. The van der Waals surface area contributed by atoms with Crippen molar-refractivity contribution < 1.29 is 18.8 Å². The van der Waals surface area contributed by atoms with Gasteiger partial charge in [0.2, 0.25) is 0 Å². The molecule has 0 atom stereocenters. The Hall–Kier alpha value is -2.05. The van der Waals surface area contributed by atoms with Crippen molar-refractivity contribution in [3.63, 3.8) is 0 Å². The van der Waals surface area contributed by atoms with Crippen molar-refractivity contribution in [2.75, 3.05) is 18.6 Å². The summed E-state index contributed by atoms with van der Waals surface area (Å²) >= 11 is 12.4. The molecule has 1 aromatic heterocycles. The van der Waals surface area contributed by atoms with Crippen LogP contribution in [0.1, 0.15) is 47.4 Å². The molecule has 25 heavy (non-hydrogen) atoms. The van der Waals surface area contributed by atoms with E-state index in [0.29, 0.717) is 11.3 Å². The maximum atomic E-state index is 13.1. The fourth-order valence-electron chi connectivity index (χ4n) is 2.68. The molecule has 0 bridgehead atoms. The number of hydrogen-bond donors (Lipinski definition) is 0. The number of ketones is 1. The summed E-state index contributed by atoms with van der Waals surface area (Å²) in [5.74, 6) is 0.470. The van der Waals surface area contributed by atoms with Crippen LogP contribution in [0, 0.1) is 0 Å². The summed E-state index contributed by atoms with van der Waals surface area (Å²) < 4.78 is 10.0. The lowest BCUT2D eigenvalue weighted by Gasteiger charge is -2.23. The van der Waals surface area contributed by atoms with Crippen molar-refractivity contribution in [2.45, 2.75) is 25.7 Å². The van der Waals surface area contributed by atoms with E-state index in [0.717, 1.165) is 12.8 Å². The molecule has 0 unspecified atom stereocenters. The Morgan fingerprint density at radius 2 is 2.04 bits per heavy atom. The monoisotopic (exact) mass is 382 g/mol. The van der Waals surface area contributed by atoms with E-state index in [2.05, 4.69) is 5.16 Å². The average Bonchev–Trinajstić information content (AvgIpc) is 3.35. The van der Waals surface area contributed by atoms with Crippen LogP contribution in [-0.4, -0.2) is 30.7 Å². The van der Waals surface area contributed by atoms with Gasteiger partial charge in [-0.2, -0.15) is 0 Å². The van der Waals surface area contributed by atoms with Crippen LogP contribution in [0.25, 0.3) is 0 Å². The molecule has 0 aliphatic heterocycles. The van der Waals surface area contributed by atoms with Gasteiger partial charge in [-0.3, -0.25) is 9.69 Å². The number of aromatic nitrogens is 1. The van der Waals surface area contributed by atoms with Crippen molar-refractivity contribution in [2.24, 2.45) is 0 Å². The van der Waals surface area contributed by atoms with E-state index in [4.69, 9.17) is 32.5 Å². The van der Waals surface area contributed by atoms with Gasteiger partial charge in [0, 0.05) is 18.0 Å². The van der Waals surface area contributed by atoms with Crippen LogP contribution in [0.5, 0.6) is 0 Å². The summed E-state index contributed by atoms with van der Waals surface area (Å²) in [4.78, 5) is 26.5. The summed E-state index contributed by atoms with van der Waals surface area (Å²) in [5, 5.41) is 4.11. The van der Waals surface area contributed by atoms with Crippen LogP contribution in [0.4, 0.5) is 10.5 Å². The zero-order chi connectivity index (χ0) is 18.1. The molecule has 0 radical (unpaired) electrons. The standard InChI is InChI=1S/C17H16Cl2N2O4/c1-3-21(17(23)24-2)14-10(6-7-12(18)13(14)19)15(22)11-8-20-25-16(11)9-4-5-9/h6-9H,3-5H2,1-2H3. The van der Waals surface area contributed by atoms with Crippen LogP contribution < -0.4 is 4.90 Å². The third-order valence-corrected chi connectivity index (χ3v) is 4.88. The average molecular weight is 383 g/mol. The van der Waals surface area contributed by atoms with E-state index in [-0.39, 0.29) is 39.5 Å². The van der Waals surface area contributed by atoms with Gasteiger partial charge in [-0.1, -0.05) is 28.4 Å². The number of carbonyl (C=O) groups excluding carboxylic acids is 2. The second kappa shape index (κ2) is 7.06. The van der Waals surface area contributed by atoms with Crippen LogP contribution in [0.3, 0.4) is 0 Å². The van der Waals surface area contributed by atoms with Crippen molar-refractivity contribution in [1.29, 1.82) is 0 Å². The maximum Gasteiger partial charge on any atom is 0.414 e. The first-order valence-electron chi connectivity index (χ1n) is 7.82. The Morgan fingerprint density at radius 3 is 2.64 bits per heavy atom. The second-order valence-corrected chi connectivity index (χ2v) is 6.46. The van der Waals surface area contributed by atoms with Crippen LogP contribution >= 0.6 is 23.2 Å². The molecule has 2 aromatic rings. The zero-order valence-corrected chi connectivity index (χ0v) is 15.2. The number of anilines is 1. The second-order valence-electron chi connectivity index (χ2n) is 5.68. The SMILES string of the molecule is CCN(C(=O)OC)c1c(C(=O)c2cnoc2C2CC2)ccc(Cl)c1Cl. The number of benzene rings is 1. The normalized spacial score (nSPS) is 13.6. The van der Waals surface area contributed by atoms with Gasteiger partial charge >= 0.3 is 6.09 Å². The van der Waals surface area contributed by atoms with Gasteiger partial charge in [-0.25, -0.2) is 4.79 Å². The minimum absolute atomic E-state index is 0.115. The summed E-state index contributed by atoms with van der Waals surface area (Å²) in [5.41, 5.74) is 0.839. The van der Waals surface area contributed by atoms with E-state index >= 15 is 0 Å². The zero-order valence-electron chi connectivity index (χ0n) is 13.7. The minimum Gasteiger partial charge on any atom is -0.452 e. The highest BCUT2D eigenvalue weighted by Gasteiger charge is 2.34. The lowest BCUT2D eigenvalue weighted by atomic mass is 10.00. The van der Waals surface area contributed by atoms with E-state index in [1.807, 2.05) is 0 Å². The predicted octanol–water partition coefficient (Wildman–Crippen LogP) is 4.68. The molecule has 0 N–H and O–H groups in total. The molecule has 0 saturated heterocycles. The Balaban J connectivity index is 2.12. The number of methoxy groups -OCH3 is 1. The topological polar surface area (TPSA) is 72.6 Å². The Labute approximate surface area is 154 Å². The molecule has 8 heteroatoms. The molecular formula is C17H16Cl2N2O4. The summed E-state index contributed by atoms with van der Waals surface area (Å²) in [6.07, 6.45) is 2.70. The maximum absolute atomic E-state index is 13.1. The van der Waals surface area contributed by atoms with Gasteiger partial charge in [-0.15, -0.1) is 0 Å². The van der Waals surface area contributed by atoms with Gasteiger partial charge in [0.05, 0.1) is 34.6 Å². The summed E-state index contributed by atoms with van der Waals surface area (Å²) in [7, 11) is 1.26. The summed E-state index contributed by atoms with van der Waals surface area (Å²) in [6.45, 7) is 2.00. The molecule has 1 aromatic carbocycles. The smallest absolute Gasteiger partial charge is 0.414 e. The Bertz CT molecular complexity index is 830. The van der Waals surface area contributed by atoms with Crippen LogP contribution in [-0.2, 0) is 4.74 Å². The minimum atomic E-state index is -0.631. The number of rotatable bonds is 5. The Morgan fingerprint density at radius 1 is 1.32 bits per heavy atom. The number of nitrogens with zero attached hydrogens (tertiary/aromatic N) is 2. The molecule has 132 valence electrons. The molecule has 1 heterocycles. The van der Waals surface area contributed by atoms with E-state index in [1.165, 1.54) is 24.3 Å². The van der Waals surface area contributed by atoms with Crippen molar-refractivity contribution in [3.05, 3.63) is 45.3 Å². The van der Waals surface area contributed by atoms with Crippen molar-refractivity contribution in [1.82, 2.24) is 5.16 Å². The van der Waals surface area contributed by atoms with Crippen LogP contribution in [0.2, 0.25) is 10.0 Å². The highest BCUT2D eigenvalue weighted by Crippen LogP contribution is 2.43. The lowest BCUT2D eigenvalue weighted by Crippen LogP contribution is -2.32. The van der Waals surface area contributed by atoms with Gasteiger partial charge in [0.15, 0.2) is 11.5 Å². The molecule has 1 aliphatic carbocycles. The third-order valence-electron chi connectivity index (χ3n) is 4.09. The molecule has 3 rings (SSSR count). The first kappa shape index (κ1) is 17.8. The fraction of sp³-hybridized carbons (Fsp3) is 0.353. The van der Waals surface area contributed by atoms with E-state index in [9.17, 15) is 9.59 Å². The van der Waals surface area contributed by atoms with Gasteiger partial charge in [0.25, 0.3) is 0 Å². The quantitative estimate of drug-likeness (QED) is 0.701. The molecule has 1 saturated carbocycles. The highest BCUT2D eigenvalue weighted by atomic mass is 35.5.